The van der Waals surface area contributed by atoms with E-state index in [0.29, 0.717) is 5.92 Å². The van der Waals surface area contributed by atoms with Crippen molar-refractivity contribution in [3.63, 3.8) is 0 Å². The molecule has 68 valence electrons. The predicted molar refractivity (Wildman–Crippen MR) is 56.5 cm³/mol. The first-order chi connectivity index (χ1) is 6.29. The molecule has 0 aromatic heterocycles. The number of hydrogen-bond donors (Lipinski definition) is 1. The SMILES string of the molecule is Cc1ccc2c(c1)C=CC(CN)C2. The van der Waals surface area contributed by atoms with Crippen LogP contribution in [0.1, 0.15) is 16.7 Å². The van der Waals surface area contributed by atoms with Crippen molar-refractivity contribution in [1.29, 1.82) is 0 Å². The van der Waals surface area contributed by atoms with Crippen molar-refractivity contribution in [3.05, 3.63) is 41.0 Å². The van der Waals surface area contributed by atoms with Gasteiger partial charge in [0.25, 0.3) is 0 Å². The molecule has 0 bridgehead atoms. The summed E-state index contributed by atoms with van der Waals surface area (Å²) in [5.41, 5.74) is 9.77. The number of benzene rings is 1. The van der Waals surface area contributed by atoms with Crippen LogP contribution in [0.5, 0.6) is 0 Å². The van der Waals surface area contributed by atoms with Gasteiger partial charge in [0.1, 0.15) is 0 Å². The molecule has 0 saturated heterocycles. The van der Waals surface area contributed by atoms with Gasteiger partial charge in [-0.1, -0.05) is 35.9 Å². The van der Waals surface area contributed by atoms with Gasteiger partial charge >= 0.3 is 0 Å². The molecule has 0 aliphatic heterocycles. The van der Waals surface area contributed by atoms with Gasteiger partial charge in [-0.05, 0) is 36.9 Å². The van der Waals surface area contributed by atoms with Crippen LogP contribution in [0, 0.1) is 12.8 Å². The van der Waals surface area contributed by atoms with Crippen LogP contribution in [-0.2, 0) is 6.42 Å². The minimum absolute atomic E-state index is 0.537. The summed E-state index contributed by atoms with van der Waals surface area (Å²) >= 11 is 0. The maximum atomic E-state index is 5.64. The summed E-state index contributed by atoms with van der Waals surface area (Å²) < 4.78 is 0. The van der Waals surface area contributed by atoms with Crippen LogP contribution < -0.4 is 5.73 Å². The second-order valence-electron chi connectivity index (χ2n) is 3.76. The zero-order valence-electron chi connectivity index (χ0n) is 7.96. The fourth-order valence-electron chi connectivity index (χ4n) is 1.81. The Bertz CT molecular complexity index is 339. The van der Waals surface area contributed by atoms with E-state index in [-0.39, 0.29) is 0 Å². The zero-order chi connectivity index (χ0) is 9.26. The maximum Gasteiger partial charge on any atom is -0.00109 e. The first-order valence-corrected chi connectivity index (χ1v) is 4.77. The smallest absolute Gasteiger partial charge is 0.00109 e. The van der Waals surface area contributed by atoms with Crippen molar-refractivity contribution >= 4 is 6.08 Å². The molecule has 1 aliphatic carbocycles. The molecular formula is C12H15N. The van der Waals surface area contributed by atoms with E-state index in [0.717, 1.165) is 13.0 Å². The van der Waals surface area contributed by atoms with Gasteiger partial charge in [0.2, 0.25) is 0 Å². The van der Waals surface area contributed by atoms with Crippen molar-refractivity contribution in [1.82, 2.24) is 0 Å². The zero-order valence-corrected chi connectivity index (χ0v) is 7.96. The minimum atomic E-state index is 0.537. The van der Waals surface area contributed by atoms with E-state index in [1.54, 1.807) is 0 Å². The van der Waals surface area contributed by atoms with E-state index in [4.69, 9.17) is 5.73 Å². The quantitative estimate of drug-likeness (QED) is 0.691. The average molecular weight is 173 g/mol. The van der Waals surface area contributed by atoms with Crippen molar-refractivity contribution in [3.8, 4) is 0 Å². The molecule has 1 aliphatic rings. The Kier molecular flexibility index (Phi) is 2.19. The normalized spacial score (nSPS) is 20.0. The second kappa shape index (κ2) is 3.35. The summed E-state index contributed by atoms with van der Waals surface area (Å²) in [6.45, 7) is 2.88. The van der Waals surface area contributed by atoms with Crippen LogP contribution in [0.4, 0.5) is 0 Å². The standard InChI is InChI=1S/C12H15N/c1-9-2-4-12-7-10(8-13)3-5-11(12)6-9/h2-6,10H,7-8,13H2,1H3. The number of fused-ring (bicyclic) bond motifs is 1. The Morgan fingerprint density at radius 1 is 1.46 bits per heavy atom. The monoisotopic (exact) mass is 173 g/mol. The molecule has 2 N–H and O–H groups in total. The highest BCUT2D eigenvalue weighted by atomic mass is 14.5. The van der Waals surface area contributed by atoms with E-state index in [2.05, 4.69) is 37.3 Å². The fraction of sp³-hybridized carbons (Fsp3) is 0.333. The molecule has 1 unspecified atom stereocenters. The second-order valence-corrected chi connectivity index (χ2v) is 3.76. The third kappa shape index (κ3) is 1.65. The Morgan fingerprint density at radius 3 is 3.08 bits per heavy atom. The van der Waals surface area contributed by atoms with Crippen molar-refractivity contribution in [2.45, 2.75) is 13.3 Å². The molecule has 13 heavy (non-hydrogen) atoms. The Hall–Kier alpha value is -1.08. The van der Waals surface area contributed by atoms with Crippen molar-refractivity contribution in [2.75, 3.05) is 6.54 Å². The minimum Gasteiger partial charge on any atom is -0.330 e. The maximum absolute atomic E-state index is 5.64. The lowest BCUT2D eigenvalue weighted by Crippen LogP contribution is -2.17. The molecule has 1 atom stereocenters. The molecule has 0 spiro atoms. The molecule has 0 heterocycles. The Morgan fingerprint density at radius 2 is 2.31 bits per heavy atom. The van der Waals surface area contributed by atoms with Crippen molar-refractivity contribution in [2.24, 2.45) is 11.7 Å². The van der Waals surface area contributed by atoms with E-state index in [9.17, 15) is 0 Å². The van der Waals surface area contributed by atoms with Crippen LogP contribution in [0.15, 0.2) is 24.3 Å². The van der Waals surface area contributed by atoms with Gasteiger partial charge < -0.3 is 5.73 Å². The molecule has 2 rings (SSSR count). The van der Waals surface area contributed by atoms with Crippen LogP contribution in [0.3, 0.4) is 0 Å². The van der Waals surface area contributed by atoms with Gasteiger partial charge in [0, 0.05) is 0 Å². The highest BCUT2D eigenvalue weighted by molar-refractivity contribution is 5.57. The summed E-state index contributed by atoms with van der Waals surface area (Å²) in [5, 5.41) is 0. The molecular weight excluding hydrogens is 158 g/mol. The molecule has 1 aromatic carbocycles. The van der Waals surface area contributed by atoms with Gasteiger partial charge in [0.15, 0.2) is 0 Å². The third-order valence-corrected chi connectivity index (χ3v) is 2.63. The number of hydrogen-bond acceptors (Lipinski definition) is 1. The molecule has 0 saturated carbocycles. The summed E-state index contributed by atoms with van der Waals surface area (Å²) in [6, 6.07) is 6.63. The number of aryl methyl sites for hydroxylation is 1. The first-order valence-electron chi connectivity index (χ1n) is 4.77. The van der Waals surface area contributed by atoms with Gasteiger partial charge in [-0.25, -0.2) is 0 Å². The summed E-state index contributed by atoms with van der Waals surface area (Å²) in [5.74, 6) is 0.537. The lowest BCUT2D eigenvalue weighted by atomic mass is 9.89. The highest BCUT2D eigenvalue weighted by Gasteiger charge is 2.11. The van der Waals surface area contributed by atoms with Gasteiger partial charge in [-0.15, -0.1) is 0 Å². The topological polar surface area (TPSA) is 26.0 Å². The molecule has 0 amide bonds. The Balaban J connectivity index is 2.35. The Labute approximate surface area is 79.3 Å². The molecule has 1 aromatic rings. The lowest BCUT2D eigenvalue weighted by molar-refractivity contribution is 0.655. The van der Waals surface area contributed by atoms with E-state index < -0.39 is 0 Å². The summed E-state index contributed by atoms with van der Waals surface area (Å²) in [7, 11) is 0. The predicted octanol–water partition coefficient (Wildman–Crippen LogP) is 2.14. The number of nitrogens with two attached hydrogens (primary N) is 1. The van der Waals surface area contributed by atoms with E-state index in [1.807, 2.05) is 0 Å². The van der Waals surface area contributed by atoms with Crippen LogP contribution in [0.2, 0.25) is 0 Å². The average Bonchev–Trinajstić information content (AvgIpc) is 2.17. The van der Waals surface area contributed by atoms with Crippen LogP contribution in [0.25, 0.3) is 6.08 Å². The molecule has 0 fully saturated rings. The highest BCUT2D eigenvalue weighted by Crippen LogP contribution is 2.23. The largest absolute Gasteiger partial charge is 0.330 e. The molecule has 1 heteroatoms. The van der Waals surface area contributed by atoms with E-state index in [1.165, 1.54) is 16.7 Å². The fourth-order valence-corrected chi connectivity index (χ4v) is 1.81. The van der Waals surface area contributed by atoms with Crippen LogP contribution >= 0.6 is 0 Å². The summed E-state index contributed by atoms with van der Waals surface area (Å²) in [4.78, 5) is 0. The van der Waals surface area contributed by atoms with Crippen molar-refractivity contribution < 1.29 is 0 Å². The molecule has 1 nitrogen and oxygen atoms in total. The van der Waals surface area contributed by atoms with Gasteiger partial charge in [-0.2, -0.15) is 0 Å². The van der Waals surface area contributed by atoms with E-state index >= 15 is 0 Å². The first kappa shape index (κ1) is 8.52. The molecule has 0 radical (unpaired) electrons. The lowest BCUT2D eigenvalue weighted by Gasteiger charge is -2.17. The van der Waals surface area contributed by atoms with Gasteiger partial charge in [0.05, 0.1) is 0 Å². The third-order valence-electron chi connectivity index (χ3n) is 2.63. The summed E-state index contributed by atoms with van der Waals surface area (Å²) in [6.07, 6.45) is 5.52. The van der Waals surface area contributed by atoms with Gasteiger partial charge in [-0.3, -0.25) is 0 Å². The van der Waals surface area contributed by atoms with Crippen LogP contribution in [-0.4, -0.2) is 6.54 Å². The number of rotatable bonds is 1.